The van der Waals surface area contributed by atoms with E-state index in [0.717, 1.165) is 75.3 Å². The van der Waals surface area contributed by atoms with E-state index < -0.39 is 5.97 Å². The third kappa shape index (κ3) is 4.93. The maximum atomic E-state index is 10.6. The molecule has 2 heterocycles. The number of hydrogen-bond acceptors (Lipinski definition) is 3. The Morgan fingerprint density at radius 1 is 1.03 bits per heavy atom. The van der Waals surface area contributed by atoms with Crippen molar-refractivity contribution in [2.45, 2.75) is 51.4 Å². The standard InChI is InChI=1S/C25H29ClN2O2/c26-21-9-10-22-20(17-21)8-7-19-5-4-13-27-25(19)24(22)18-11-15-28(16-12-18)14-3-1-2-6-23(29)30/h4-5,9-10,13,17H,1-3,6-8,11-12,14-16H2,(H,29,30). The van der Waals surface area contributed by atoms with Crippen LogP contribution in [-0.4, -0.2) is 40.6 Å². The van der Waals surface area contributed by atoms with Crippen LogP contribution in [0.1, 0.15) is 60.9 Å². The van der Waals surface area contributed by atoms with Gasteiger partial charge >= 0.3 is 5.97 Å². The lowest BCUT2D eigenvalue weighted by Crippen LogP contribution is -2.32. The quantitative estimate of drug-likeness (QED) is 0.633. The van der Waals surface area contributed by atoms with E-state index in [0.29, 0.717) is 0 Å². The molecule has 1 aromatic carbocycles. The van der Waals surface area contributed by atoms with Gasteiger partial charge in [0.05, 0.1) is 5.69 Å². The second-order valence-corrected chi connectivity index (χ2v) is 8.77. The predicted molar refractivity (Wildman–Crippen MR) is 121 cm³/mol. The lowest BCUT2D eigenvalue weighted by Gasteiger charge is -2.30. The van der Waals surface area contributed by atoms with Crippen molar-refractivity contribution in [1.29, 1.82) is 0 Å². The SMILES string of the molecule is O=C(O)CCCCCN1CCC(=C2c3ccc(Cl)cc3CCc3cccnc32)CC1. The Morgan fingerprint density at radius 3 is 2.63 bits per heavy atom. The third-order valence-corrected chi connectivity index (χ3v) is 6.54. The number of carboxylic acid groups (broad SMARTS) is 1. The number of aliphatic carboxylic acids is 1. The summed E-state index contributed by atoms with van der Waals surface area (Å²) in [7, 11) is 0. The summed E-state index contributed by atoms with van der Waals surface area (Å²) in [5.74, 6) is -0.692. The molecule has 0 unspecified atom stereocenters. The van der Waals surface area contributed by atoms with Gasteiger partial charge in [0.15, 0.2) is 0 Å². The first-order valence-electron chi connectivity index (χ1n) is 11.0. The van der Waals surface area contributed by atoms with E-state index in [1.165, 1.54) is 27.8 Å². The van der Waals surface area contributed by atoms with Gasteiger partial charge in [-0.15, -0.1) is 0 Å². The van der Waals surface area contributed by atoms with E-state index >= 15 is 0 Å². The van der Waals surface area contributed by atoms with Crippen molar-refractivity contribution in [3.8, 4) is 0 Å². The van der Waals surface area contributed by atoms with Crippen LogP contribution in [0.15, 0.2) is 42.1 Å². The van der Waals surface area contributed by atoms with Gasteiger partial charge < -0.3 is 10.0 Å². The monoisotopic (exact) mass is 424 g/mol. The molecule has 1 fully saturated rings. The number of piperidine rings is 1. The van der Waals surface area contributed by atoms with Crippen molar-refractivity contribution < 1.29 is 9.90 Å². The molecule has 30 heavy (non-hydrogen) atoms. The van der Waals surface area contributed by atoms with Crippen molar-refractivity contribution >= 4 is 23.1 Å². The van der Waals surface area contributed by atoms with E-state index in [2.05, 4.69) is 23.1 Å². The zero-order valence-corrected chi connectivity index (χ0v) is 18.1. The van der Waals surface area contributed by atoms with Gasteiger partial charge in [0, 0.05) is 36.3 Å². The van der Waals surface area contributed by atoms with Gasteiger partial charge in [-0.3, -0.25) is 9.78 Å². The molecule has 1 aliphatic heterocycles. The molecule has 0 amide bonds. The van der Waals surface area contributed by atoms with Gasteiger partial charge in [0.2, 0.25) is 0 Å². The predicted octanol–water partition coefficient (Wildman–Crippen LogP) is 5.38. The Morgan fingerprint density at radius 2 is 1.83 bits per heavy atom. The van der Waals surface area contributed by atoms with E-state index in [1.54, 1.807) is 0 Å². The number of aryl methyl sites for hydroxylation is 2. The highest BCUT2D eigenvalue weighted by Gasteiger charge is 2.25. The zero-order chi connectivity index (χ0) is 20.9. The summed E-state index contributed by atoms with van der Waals surface area (Å²) in [5.41, 5.74) is 7.93. The van der Waals surface area contributed by atoms with Crippen LogP contribution in [0, 0.1) is 0 Å². The summed E-state index contributed by atoms with van der Waals surface area (Å²) in [5, 5.41) is 9.56. The first kappa shape index (κ1) is 21.1. The van der Waals surface area contributed by atoms with E-state index in [1.807, 2.05) is 18.3 Å². The van der Waals surface area contributed by atoms with Crippen LogP contribution < -0.4 is 0 Å². The van der Waals surface area contributed by atoms with Gasteiger partial charge in [-0.2, -0.15) is 0 Å². The molecule has 1 saturated heterocycles. The highest BCUT2D eigenvalue weighted by atomic mass is 35.5. The Hall–Kier alpha value is -2.17. The number of unbranched alkanes of at least 4 members (excludes halogenated alkanes) is 2. The van der Waals surface area contributed by atoms with Gasteiger partial charge in [-0.05, 0) is 80.0 Å². The van der Waals surface area contributed by atoms with Crippen LogP contribution in [0.3, 0.4) is 0 Å². The summed E-state index contributed by atoms with van der Waals surface area (Å²) in [4.78, 5) is 18.0. The van der Waals surface area contributed by atoms with Crippen LogP contribution in [0.25, 0.3) is 5.57 Å². The molecule has 158 valence electrons. The first-order chi connectivity index (χ1) is 14.6. The first-order valence-corrected chi connectivity index (χ1v) is 11.4. The number of carboxylic acids is 1. The smallest absolute Gasteiger partial charge is 0.303 e. The summed E-state index contributed by atoms with van der Waals surface area (Å²) in [6.07, 6.45) is 9.14. The number of hydrogen-bond donors (Lipinski definition) is 1. The molecule has 4 rings (SSSR count). The van der Waals surface area contributed by atoms with Crippen LogP contribution in [0.2, 0.25) is 5.02 Å². The number of halogens is 1. The fourth-order valence-corrected chi connectivity index (χ4v) is 4.91. The normalized spacial score (nSPS) is 16.7. The molecular formula is C25H29ClN2O2. The summed E-state index contributed by atoms with van der Waals surface area (Å²) in [6, 6.07) is 10.6. The molecule has 2 aliphatic rings. The minimum atomic E-state index is -0.692. The van der Waals surface area contributed by atoms with Gasteiger partial charge in [-0.25, -0.2) is 0 Å². The van der Waals surface area contributed by atoms with Crippen molar-refractivity contribution in [1.82, 2.24) is 9.88 Å². The number of carbonyl (C=O) groups is 1. The highest BCUT2D eigenvalue weighted by Crippen LogP contribution is 2.38. The van der Waals surface area contributed by atoms with Crippen LogP contribution in [0.4, 0.5) is 0 Å². The number of nitrogens with zero attached hydrogens (tertiary/aromatic N) is 2. The van der Waals surface area contributed by atoms with Crippen LogP contribution in [-0.2, 0) is 17.6 Å². The van der Waals surface area contributed by atoms with Gasteiger partial charge in [0.25, 0.3) is 0 Å². The van der Waals surface area contributed by atoms with Gasteiger partial charge in [-0.1, -0.05) is 35.7 Å². The average molecular weight is 425 g/mol. The molecule has 1 aromatic heterocycles. The number of fused-ring (bicyclic) bond motifs is 2. The van der Waals surface area contributed by atoms with E-state index in [9.17, 15) is 4.79 Å². The third-order valence-electron chi connectivity index (χ3n) is 6.31. The van der Waals surface area contributed by atoms with E-state index in [-0.39, 0.29) is 6.42 Å². The topological polar surface area (TPSA) is 53.4 Å². The molecule has 1 N–H and O–H groups in total. The molecule has 2 aromatic rings. The molecular weight excluding hydrogens is 396 g/mol. The molecule has 0 radical (unpaired) electrons. The second kappa shape index (κ2) is 9.76. The zero-order valence-electron chi connectivity index (χ0n) is 17.4. The fourth-order valence-electron chi connectivity index (χ4n) is 4.72. The molecule has 0 bridgehead atoms. The molecule has 0 saturated carbocycles. The lowest BCUT2D eigenvalue weighted by atomic mass is 9.88. The summed E-state index contributed by atoms with van der Waals surface area (Å²) >= 11 is 6.31. The minimum Gasteiger partial charge on any atom is -0.481 e. The molecule has 0 spiro atoms. The number of rotatable bonds is 6. The van der Waals surface area contributed by atoms with Crippen molar-refractivity contribution in [3.63, 3.8) is 0 Å². The molecule has 1 aliphatic carbocycles. The van der Waals surface area contributed by atoms with Crippen molar-refractivity contribution in [2.24, 2.45) is 0 Å². The summed E-state index contributed by atoms with van der Waals surface area (Å²) in [6.45, 7) is 3.18. The van der Waals surface area contributed by atoms with E-state index in [4.69, 9.17) is 21.7 Å². The van der Waals surface area contributed by atoms with Crippen LogP contribution in [0.5, 0.6) is 0 Å². The largest absolute Gasteiger partial charge is 0.481 e. The summed E-state index contributed by atoms with van der Waals surface area (Å²) < 4.78 is 0. The lowest BCUT2D eigenvalue weighted by molar-refractivity contribution is -0.137. The highest BCUT2D eigenvalue weighted by molar-refractivity contribution is 6.30. The fraction of sp³-hybridized carbons (Fsp3) is 0.440. The Kier molecular flexibility index (Phi) is 6.86. The number of benzene rings is 1. The van der Waals surface area contributed by atoms with Crippen LogP contribution >= 0.6 is 11.6 Å². The maximum Gasteiger partial charge on any atom is 0.303 e. The maximum absolute atomic E-state index is 10.6. The average Bonchev–Trinajstić information content (AvgIpc) is 2.90. The number of likely N-dealkylation sites (tertiary alicyclic amines) is 1. The van der Waals surface area contributed by atoms with Crippen molar-refractivity contribution in [3.05, 3.63) is 69.5 Å². The van der Waals surface area contributed by atoms with Crippen molar-refractivity contribution in [2.75, 3.05) is 19.6 Å². The van der Waals surface area contributed by atoms with Gasteiger partial charge in [0.1, 0.15) is 0 Å². The molecule has 4 nitrogen and oxygen atoms in total. The Balaban J connectivity index is 1.51. The minimum absolute atomic E-state index is 0.284. The Labute approximate surface area is 183 Å². The number of aromatic nitrogens is 1. The molecule has 5 heteroatoms. The molecule has 0 atom stereocenters. The number of pyridine rings is 1. The Bertz CT molecular complexity index is 944. The second-order valence-electron chi connectivity index (χ2n) is 8.34.